The van der Waals surface area contributed by atoms with Crippen LogP contribution in [0.2, 0.25) is 0 Å². The Hall–Kier alpha value is -1.50. The van der Waals surface area contributed by atoms with Crippen molar-refractivity contribution in [3.8, 4) is 0 Å². The molecule has 0 N–H and O–H groups in total. The number of hydrogen-bond donors (Lipinski definition) is 0. The van der Waals surface area contributed by atoms with Gasteiger partial charge in [-0.15, -0.1) is 0 Å². The number of alkyl halides is 3. The number of allylic oxidation sites excluding steroid dienone is 4. The Kier molecular flexibility index (Phi) is 7.15. The fraction of sp³-hybridized carbons (Fsp3) is 0.333. The van der Waals surface area contributed by atoms with E-state index < -0.39 is 11.7 Å². The fourth-order valence-electron chi connectivity index (χ4n) is 1.98. The highest BCUT2D eigenvalue weighted by molar-refractivity contribution is 7.99. The first-order valence-electron chi connectivity index (χ1n) is 7.44. The lowest BCUT2D eigenvalue weighted by molar-refractivity contribution is -0.146. The molecular weight excluding hydrogens is 337 g/mol. The van der Waals surface area contributed by atoms with Crippen molar-refractivity contribution in [1.29, 1.82) is 0 Å². The molecule has 6 heteroatoms. The number of benzene rings is 1. The van der Waals surface area contributed by atoms with Gasteiger partial charge >= 0.3 is 6.18 Å². The smallest absolute Gasteiger partial charge is 0.348 e. The van der Waals surface area contributed by atoms with Crippen LogP contribution in [0.4, 0.5) is 13.2 Å². The molecule has 1 aliphatic rings. The van der Waals surface area contributed by atoms with Crippen LogP contribution >= 0.6 is 11.8 Å². The second kappa shape index (κ2) is 9.11. The highest BCUT2D eigenvalue weighted by Crippen LogP contribution is 2.29. The SMILES string of the molecule is CSC1COC(C=CC=CC=Cc2ccc(C(F)(F)F)cc2)OC1. The van der Waals surface area contributed by atoms with Gasteiger partial charge in [-0.05, 0) is 30.0 Å². The van der Waals surface area contributed by atoms with Crippen LogP contribution in [0.5, 0.6) is 0 Å². The van der Waals surface area contributed by atoms with Gasteiger partial charge in [-0.25, -0.2) is 0 Å². The molecule has 1 saturated heterocycles. The van der Waals surface area contributed by atoms with E-state index in [4.69, 9.17) is 9.47 Å². The molecule has 0 radical (unpaired) electrons. The maximum absolute atomic E-state index is 12.4. The zero-order valence-corrected chi connectivity index (χ0v) is 14.0. The minimum atomic E-state index is -4.30. The average molecular weight is 356 g/mol. The van der Waals surface area contributed by atoms with Gasteiger partial charge < -0.3 is 9.47 Å². The Labute approximate surface area is 144 Å². The summed E-state index contributed by atoms with van der Waals surface area (Å²) in [7, 11) is 0. The molecule has 0 aliphatic carbocycles. The first-order chi connectivity index (χ1) is 11.5. The number of thioether (sulfide) groups is 1. The largest absolute Gasteiger partial charge is 0.416 e. The predicted molar refractivity (Wildman–Crippen MR) is 91.8 cm³/mol. The van der Waals surface area contributed by atoms with E-state index in [1.165, 1.54) is 12.1 Å². The molecule has 2 nitrogen and oxygen atoms in total. The van der Waals surface area contributed by atoms with Crippen LogP contribution in [0.1, 0.15) is 11.1 Å². The predicted octanol–water partition coefficient (Wildman–Crippen LogP) is 4.94. The van der Waals surface area contributed by atoms with Gasteiger partial charge in [-0.3, -0.25) is 0 Å². The molecule has 1 aromatic carbocycles. The van der Waals surface area contributed by atoms with Gasteiger partial charge in [0.2, 0.25) is 0 Å². The molecule has 2 rings (SSSR count). The second-order valence-corrected chi connectivity index (χ2v) is 6.28. The molecule has 24 heavy (non-hydrogen) atoms. The normalized spacial score (nSPS) is 22.8. The molecule has 1 aromatic rings. The third-order valence-corrected chi connectivity index (χ3v) is 4.29. The van der Waals surface area contributed by atoms with Crippen molar-refractivity contribution in [2.45, 2.75) is 17.7 Å². The van der Waals surface area contributed by atoms with E-state index >= 15 is 0 Å². The molecule has 130 valence electrons. The van der Waals surface area contributed by atoms with Crippen molar-refractivity contribution in [3.05, 3.63) is 65.8 Å². The number of halogens is 3. The van der Waals surface area contributed by atoms with Gasteiger partial charge in [-0.1, -0.05) is 42.5 Å². The molecule has 0 spiro atoms. The topological polar surface area (TPSA) is 18.5 Å². The van der Waals surface area contributed by atoms with E-state index in [1.807, 2.05) is 24.5 Å². The Morgan fingerprint density at radius 1 is 1.00 bits per heavy atom. The van der Waals surface area contributed by atoms with Gasteiger partial charge in [0.1, 0.15) is 0 Å². The molecule has 0 bridgehead atoms. The maximum atomic E-state index is 12.4. The molecule has 0 atom stereocenters. The maximum Gasteiger partial charge on any atom is 0.416 e. The summed E-state index contributed by atoms with van der Waals surface area (Å²) >= 11 is 1.72. The lowest BCUT2D eigenvalue weighted by Crippen LogP contribution is -2.32. The summed E-state index contributed by atoms with van der Waals surface area (Å²) in [6.45, 7) is 1.35. The van der Waals surface area contributed by atoms with Crippen LogP contribution in [0.3, 0.4) is 0 Å². The van der Waals surface area contributed by atoms with Crippen LogP contribution < -0.4 is 0 Å². The van der Waals surface area contributed by atoms with E-state index in [-0.39, 0.29) is 6.29 Å². The van der Waals surface area contributed by atoms with Crippen LogP contribution in [-0.2, 0) is 15.7 Å². The first kappa shape index (κ1) is 18.8. The molecule has 0 amide bonds. The van der Waals surface area contributed by atoms with Gasteiger partial charge in [0.15, 0.2) is 6.29 Å². The first-order valence-corrected chi connectivity index (χ1v) is 8.72. The lowest BCUT2D eigenvalue weighted by atomic mass is 10.1. The lowest BCUT2D eigenvalue weighted by Gasteiger charge is -2.26. The minimum Gasteiger partial charge on any atom is -0.348 e. The van der Waals surface area contributed by atoms with Crippen molar-refractivity contribution in [2.75, 3.05) is 19.5 Å². The highest BCUT2D eigenvalue weighted by Gasteiger charge is 2.29. The summed E-state index contributed by atoms with van der Waals surface area (Å²) in [5, 5.41) is 0.386. The summed E-state index contributed by atoms with van der Waals surface area (Å²) in [5.41, 5.74) is 0.0630. The monoisotopic (exact) mass is 356 g/mol. The molecular formula is C18H19F3O2S. The van der Waals surface area contributed by atoms with Crippen molar-refractivity contribution < 1.29 is 22.6 Å². The highest BCUT2D eigenvalue weighted by atomic mass is 32.2. The molecule has 0 saturated carbocycles. The van der Waals surface area contributed by atoms with Gasteiger partial charge in [-0.2, -0.15) is 24.9 Å². The van der Waals surface area contributed by atoms with Gasteiger partial charge in [0.25, 0.3) is 0 Å². The Morgan fingerprint density at radius 2 is 1.62 bits per heavy atom. The third kappa shape index (κ3) is 6.19. The van der Waals surface area contributed by atoms with Crippen molar-refractivity contribution >= 4 is 17.8 Å². The van der Waals surface area contributed by atoms with Crippen molar-refractivity contribution in [2.24, 2.45) is 0 Å². The molecule has 1 aliphatic heterocycles. The van der Waals surface area contributed by atoms with Crippen LogP contribution in [-0.4, -0.2) is 31.0 Å². The van der Waals surface area contributed by atoms with E-state index in [9.17, 15) is 13.2 Å². The van der Waals surface area contributed by atoms with Crippen molar-refractivity contribution in [3.63, 3.8) is 0 Å². The van der Waals surface area contributed by atoms with Crippen LogP contribution in [0.15, 0.2) is 54.6 Å². The summed E-state index contributed by atoms with van der Waals surface area (Å²) in [6, 6.07) is 5.02. The third-order valence-electron chi connectivity index (χ3n) is 3.35. The number of hydrogen-bond acceptors (Lipinski definition) is 3. The molecule has 1 fully saturated rings. The quantitative estimate of drug-likeness (QED) is 0.697. The van der Waals surface area contributed by atoms with Gasteiger partial charge in [0.05, 0.1) is 24.0 Å². The summed E-state index contributed by atoms with van der Waals surface area (Å²) < 4.78 is 48.4. The van der Waals surface area contributed by atoms with Crippen molar-refractivity contribution in [1.82, 2.24) is 0 Å². The second-order valence-electron chi connectivity index (χ2n) is 5.14. The Bertz CT molecular complexity index is 583. The standard InChI is InChI=1S/C18H19F3O2S/c1-24-16-12-22-17(23-13-16)7-5-3-2-4-6-14-8-10-15(11-9-14)18(19,20)21/h2-11,16-17H,12-13H2,1H3. The minimum absolute atomic E-state index is 0.322. The summed E-state index contributed by atoms with van der Waals surface area (Å²) in [5.74, 6) is 0. The zero-order valence-electron chi connectivity index (χ0n) is 13.2. The van der Waals surface area contributed by atoms with E-state index in [0.717, 1.165) is 12.1 Å². The van der Waals surface area contributed by atoms with E-state index in [2.05, 4.69) is 0 Å². The number of ether oxygens (including phenoxy) is 2. The average Bonchev–Trinajstić information content (AvgIpc) is 2.58. The zero-order chi connectivity index (χ0) is 17.4. The van der Waals surface area contributed by atoms with Gasteiger partial charge in [0, 0.05) is 0 Å². The van der Waals surface area contributed by atoms with E-state index in [0.29, 0.717) is 24.0 Å². The Morgan fingerprint density at radius 3 is 2.21 bits per heavy atom. The molecule has 0 unspecified atom stereocenters. The van der Waals surface area contributed by atoms with Crippen LogP contribution in [0, 0.1) is 0 Å². The van der Waals surface area contributed by atoms with Crippen LogP contribution in [0.25, 0.3) is 6.08 Å². The number of rotatable bonds is 5. The Balaban J connectivity index is 1.77. The van der Waals surface area contributed by atoms with E-state index in [1.54, 1.807) is 30.0 Å². The fourth-order valence-corrected chi connectivity index (χ4v) is 2.41. The summed E-state index contributed by atoms with van der Waals surface area (Å²) in [4.78, 5) is 0. The molecule has 0 aromatic heterocycles. The molecule has 1 heterocycles. The summed E-state index contributed by atoms with van der Waals surface area (Å²) in [6.07, 6.45) is 8.15.